The van der Waals surface area contributed by atoms with Gasteiger partial charge in [-0.3, -0.25) is 4.90 Å². The second kappa shape index (κ2) is 10.3. The van der Waals surface area contributed by atoms with Crippen molar-refractivity contribution in [3.05, 3.63) is 23.8 Å². The molecule has 0 spiro atoms. The van der Waals surface area contributed by atoms with E-state index in [9.17, 15) is 10.2 Å². The number of benzene rings is 1. The van der Waals surface area contributed by atoms with Gasteiger partial charge >= 0.3 is 0 Å². The molecule has 2 heterocycles. The minimum Gasteiger partial charge on any atom is -0.493 e. The van der Waals surface area contributed by atoms with Crippen molar-refractivity contribution >= 4 is 0 Å². The van der Waals surface area contributed by atoms with E-state index >= 15 is 0 Å². The van der Waals surface area contributed by atoms with Crippen molar-refractivity contribution < 1.29 is 19.7 Å². The number of hydrogen-bond donors (Lipinski definition) is 2. The lowest BCUT2D eigenvalue weighted by atomic mass is 10.1. The standard InChI is InChI=1S/C21H34N2O4/c1-26-21-11-17(12-23-13-18(24)14-23)7-8-20(21)27-16-19(25)15-22-9-5-3-2-4-6-10-22/h7-8,11,18-19,24-25H,2-6,9-10,12-16H2,1H3. The Morgan fingerprint density at radius 1 is 1.04 bits per heavy atom. The molecule has 0 radical (unpaired) electrons. The molecule has 1 aromatic rings. The molecule has 6 nitrogen and oxygen atoms in total. The van der Waals surface area contributed by atoms with E-state index in [1.165, 1.54) is 32.1 Å². The van der Waals surface area contributed by atoms with Gasteiger partial charge in [-0.2, -0.15) is 0 Å². The second-order valence-electron chi connectivity index (χ2n) is 7.87. The largest absolute Gasteiger partial charge is 0.493 e. The van der Waals surface area contributed by atoms with E-state index in [0.717, 1.165) is 38.3 Å². The summed E-state index contributed by atoms with van der Waals surface area (Å²) in [6.07, 6.45) is 5.68. The van der Waals surface area contributed by atoms with Crippen molar-refractivity contribution in [1.82, 2.24) is 9.80 Å². The molecule has 1 unspecified atom stereocenters. The highest BCUT2D eigenvalue weighted by atomic mass is 16.5. The summed E-state index contributed by atoms with van der Waals surface area (Å²) in [6, 6.07) is 5.91. The fourth-order valence-electron chi connectivity index (χ4n) is 3.89. The van der Waals surface area contributed by atoms with E-state index in [-0.39, 0.29) is 12.7 Å². The first-order valence-electron chi connectivity index (χ1n) is 10.2. The van der Waals surface area contributed by atoms with Crippen LogP contribution in [0.2, 0.25) is 0 Å². The maximum absolute atomic E-state index is 10.4. The molecule has 1 atom stereocenters. The van der Waals surface area contributed by atoms with E-state index in [2.05, 4.69) is 9.80 Å². The van der Waals surface area contributed by atoms with Crippen LogP contribution in [0.25, 0.3) is 0 Å². The van der Waals surface area contributed by atoms with E-state index in [4.69, 9.17) is 9.47 Å². The van der Waals surface area contributed by atoms with Crippen LogP contribution in [0.4, 0.5) is 0 Å². The van der Waals surface area contributed by atoms with Crippen molar-refractivity contribution in [2.45, 2.75) is 50.9 Å². The molecule has 1 aromatic carbocycles. The molecule has 6 heteroatoms. The van der Waals surface area contributed by atoms with Crippen LogP contribution in [0.1, 0.15) is 37.7 Å². The number of likely N-dealkylation sites (tertiary alicyclic amines) is 2. The summed E-state index contributed by atoms with van der Waals surface area (Å²) < 4.78 is 11.3. The Balaban J connectivity index is 1.47. The highest BCUT2D eigenvalue weighted by Gasteiger charge is 2.24. The maximum Gasteiger partial charge on any atom is 0.161 e. The Morgan fingerprint density at radius 3 is 2.41 bits per heavy atom. The van der Waals surface area contributed by atoms with Crippen molar-refractivity contribution in [1.29, 1.82) is 0 Å². The maximum atomic E-state index is 10.4. The van der Waals surface area contributed by atoms with E-state index in [1.54, 1.807) is 7.11 Å². The monoisotopic (exact) mass is 378 g/mol. The van der Waals surface area contributed by atoms with E-state index in [1.807, 2.05) is 18.2 Å². The zero-order valence-electron chi connectivity index (χ0n) is 16.5. The Bertz CT molecular complexity index is 569. The molecule has 2 fully saturated rings. The normalized spacial score (nSPS) is 21.1. The van der Waals surface area contributed by atoms with Crippen LogP contribution in [-0.4, -0.2) is 78.7 Å². The van der Waals surface area contributed by atoms with Gasteiger partial charge in [0.2, 0.25) is 0 Å². The number of rotatable bonds is 8. The summed E-state index contributed by atoms with van der Waals surface area (Å²) in [5, 5.41) is 19.8. The fourth-order valence-corrected chi connectivity index (χ4v) is 3.89. The first-order valence-corrected chi connectivity index (χ1v) is 10.2. The fraction of sp³-hybridized carbons (Fsp3) is 0.714. The average Bonchev–Trinajstić information content (AvgIpc) is 2.61. The third-order valence-corrected chi connectivity index (χ3v) is 5.42. The predicted octanol–water partition coefficient (Wildman–Crippen LogP) is 1.88. The average molecular weight is 379 g/mol. The molecular weight excluding hydrogens is 344 g/mol. The molecule has 0 bridgehead atoms. The van der Waals surface area contributed by atoms with Gasteiger partial charge < -0.3 is 24.6 Å². The van der Waals surface area contributed by atoms with Crippen LogP contribution in [0.5, 0.6) is 11.5 Å². The van der Waals surface area contributed by atoms with Gasteiger partial charge in [0.15, 0.2) is 11.5 Å². The number of aliphatic hydroxyl groups excluding tert-OH is 2. The number of nitrogens with zero attached hydrogens (tertiary/aromatic N) is 2. The van der Waals surface area contributed by atoms with Gasteiger partial charge in [-0.15, -0.1) is 0 Å². The van der Waals surface area contributed by atoms with Gasteiger partial charge in [0.25, 0.3) is 0 Å². The van der Waals surface area contributed by atoms with Gasteiger partial charge in [0.1, 0.15) is 12.7 Å². The topological polar surface area (TPSA) is 65.4 Å². The van der Waals surface area contributed by atoms with Gasteiger partial charge in [-0.25, -0.2) is 0 Å². The summed E-state index contributed by atoms with van der Waals surface area (Å²) in [5.41, 5.74) is 1.13. The summed E-state index contributed by atoms with van der Waals surface area (Å²) in [4.78, 5) is 4.54. The van der Waals surface area contributed by atoms with Crippen LogP contribution >= 0.6 is 0 Å². The predicted molar refractivity (Wildman–Crippen MR) is 105 cm³/mol. The zero-order valence-corrected chi connectivity index (χ0v) is 16.5. The molecule has 2 N–H and O–H groups in total. The second-order valence-corrected chi connectivity index (χ2v) is 7.87. The van der Waals surface area contributed by atoms with Crippen LogP contribution < -0.4 is 9.47 Å². The van der Waals surface area contributed by atoms with E-state index in [0.29, 0.717) is 18.0 Å². The molecular formula is C21H34N2O4. The molecule has 2 aliphatic rings. The molecule has 0 aromatic heterocycles. The molecule has 3 rings (SSSR count). The summed E-state index contributed by atoms with van der Waals surface area (Å²) >= 11 is 0. The minimum absolute atomic E-state index is 0.190. The molecule has 2 aliphatic heterocycles. The third-order valence-electron chi connectivity index (χ3n) is 5.42. The van der Waals surface area contributed by atoms with Crippen LogP contribution in [0, 0.1) is 0 Å². The van der Waals surface area contributed by atoms with Gasteiger partial charge in [0, 0.05) is 26.2 Å². The Labute approximate surface area is 162 Å². The van der Waals surface area contributed by atoms with Gasteiger partial charge in [0.05, 0.1) is 13.2 Å². The molecule has 0 amide bonds. The van der Waals surface area contributed by atoms with Gasteiger partial charge in [-0.1, -0.05) is 25.3 Å². The first-order chi connectivity index (χ1) is 13.1. The Morgan fingerprint density at radius 2 is 1.74 bits per heavy atom. The lowest BCUT2D eigenvalue weighted by Gasteiger charge is -2.35. The lowest BCUT2D eigenvalue weighted by Crippen LogP contribution is -2.49. The molecule has 0 aliphatic carbocycles. The zero-order chi connectivity index (χ0) is 19.1. The number of methoxy groups -OCH3 is 1. The smallest absolute Gasteiger partial charge is 0.161 e. The van der Waals surface area contributed by atoms with Gasteiger partial charge in [-0.05, 0) is 43.6 Å². The molecule has 0 saturated carbocycles. The SMILES string of the molecule is COc1cc(CN2CC(O)C2)ccc1OCC(O)CN1CCCCCCC1. The lowest BCUT2D eigenvalue weighted by molar-refractivity contribution is -0.00290. The first kappa shape index (κ1) is 20.4. The van der Waals surface area contributed by atoms with Crippen molar-refractivity contribution in [2.24, 2.45) is 0 Å². The third kappa shape index (κ3) is 6.35. The van der Waals surface area contributed by atoms with Crippen LogP contribution in [0.3, 0.4) is 0 Å². The van der Waals surface area contributed by atoms with Crippen molar-refractivity contribution in [3.8, 4) is 11.5 Å². The summed E-state index contributed by atoms with van der Waals surface area (Å²) in [6.45, 7) is 5.32. The van der Waals surface area contributed by atoms with Crippen LogP contribution in [-0.2, 0) is 6.54 Å². The quantitative estimate of drug-likeness (QED) is 0.720. The Kier molecular flexibility index (Phi) is 7.76. The van der Waals surface area contributed by atoms with Crippen molar-refractivity contribution in [3.63, 3.8) is 0 Å². The van der Waals surface area contributed by atoms with E-state index < -0.39 is 6.10 Å². The summed E-state index contributed by atoms with van der Waals surface area (Å²) in [7, 11) is 1.63. The number of β-amino-alcohol motifs (C(OH)–C–C–N with tert-alkyl or cyclic N) is 2. The molecule has 27 heavy (non-hydrogen) atoms. The highest BCUT2D eigenvalue weighted by Crippen LogP contribution is 2.29. The number of ether oxygens (including phenoxy) is 2. The van der Waals surface area contributed by atoms with Crippen LogP contribution in [0.15, 0.2) is 18.2 Å². The highest BCUT2D eigenvalue weighted by molar-refractivity contribution is 5.43. The number of aliphatic hydroxyl groups is 2. The molecule has 2 saturated heterocycles. The summed E-state index contributed by atoms with van der Waals surface area (Å²) in [5.74, 6) is 1.35. The number of hydrogen-bond acceptors (Lipinski definition) is 6. The molecule has 152 valence electrons. The minimum atomic E-state index is -0.503. The Hall–Kier alpha value is -1.34. The van der Waals surface area contributed by atoms with Crippen molar-refractivity contribution in [2.75, 3.05) is 46.4 Å².